The fraction of sp³-hybridized carbons (Fsp3) is 0.538. The highest BCUT2D eigenvalue weighted by Gasteiger charge is 2.21. The summed E-state index contributed by atoms with van der Waals surface area (Å²) in [5.74, 6) is 0.995. The van der Waals surface area contributed by atoms with E-state index in [0.29, 0.717) is 5.25 Å². The molecule has 2 nitrogen and oxygen atoms in total. The van der Waals surface area contributed by atoms with E-state index in [1.54, 1.807) is 0 Å². The smallest absolute Gasteiger partial charge is 0.0806 e. The van der Waals surface area contributed by atoms with Crippen LogP contribution in [0.5, 0.6) is 0 Å². The molecule has 1 N–H and O–H groups in total. The molecule has 1 heterocycles. The predicted octanol–water partition coefficient (Wildman–Crippen LogP) is 3.11. The molecule has 0 radical (unpaired) electrons. The number of aliphatic hydroxyl groups excluding tert-OH is 1. The van der Waals surface area contributed by atoms with Crippen LogP contribution in [0.4, 0.5) is 0 Å². The maximum atomic E-state index is 8.97. The van der Waals surface area contributed by atoms with E-state index in [1.807, 2.05) is 23.9 Å². The lowest BCUT2D eigenvalue weighted by Crippen LogP contribution is -2.29. The Morgan fingerprint density at radius 3 is 2.65 bits per heavy atom. The average molecular weight is 273 g/mol. The number of hydrogen-bond donors (Lipinski definition) is 1. The van der Waals surface area contributed by atoms with Crippen LogP contribution in [-0.4, -0.2) is 29.7 Å². The van der Waals surface area contributed by atoms with E-state index >= 15 is 0 Å². The monoisotopic (exact) mass is 272 g/mol. The standard InChI is InChI=1S/C13H17ClO2S/c14-11-3-1-10(2-4-11)9-17-13-6-5-12(7-15)16-8-13/h1-4,12-13,15H,5-9H2/t12-,13+/m1/s1. The summed E-state index contributed by atoms with van der Waals surface area (Å²) in [7, 11) is 0. The molecular formula is C13H17ClO2S. The van der Waals surface area contributed by atoms with E-state index in [9.17, 15) is 0 Å². The van der Waals surface area contributed by atoms with Gasteiger partial charge in [-0.15, -0.1) is 0 Å². The molecule has 1 aromatic rings. The zero-order chi connectivity index (χ0) is 12.1. The van der Waals surface area contributed by atoms with Crippen molar-refractivity contribution in [3.8, 4) is 0 Å². The summed E-state index contributed by atoms with van der Waals surface area (Å²) in [6, 6.07) is 7.98. The van der Waals surface area contributed by atoms with E-state index in [4.69, 9.17) is 21.4 Å². The van der Waals surface area contributed by atoms with Gasteiger partial charge in [0.25, 0.3) is 0 Å². The highest BCUT2D eigenvalue weighted by atomic mass is 35.5. The minimum absolute atomic E-state index is 0.0578. The number of ether oxygens (including phenoxy) is 1. The Balaban J connectivity index is 1.74. The van der Waals surface area contributed by atoms with Gasteiger partial charge in [0, 0.05) is 16.0 Å². The zero-order valence-electron chi connectivity index (χ0n) is 9.64. The number of hydrogen-bond acceptors (Lipinski definition) is 3. The van der Waals surface area contributed by atoms with Crippen LogP contribution in [0.2, 0.25) is 5.02 Å². The van der Waals surface area contributed by atoms with E-state index in [-0.39, 0.29) is 12.7 Å². The number of rotatable bonds is 4. The van der Waals surface area contributed by atoms with Gasteiger partial charge < -0.3 is 9.84 Å². The van der Waals surface area contributed by atoms with Crippen molar-refractivity contribution in [2.24, 2.45) is 0 Å². The van der Waals surface area contributed by atoms with Crippen molar-refractivity contribution in [3.05, 3.63) is 34.9 Å². The molecule has 0 aliphatic carbocycles. The summed E-state index contributed by atoms with van der Waals surface area (Å²) in [6.45, 7) is 0.901. The van der Waals surface area contributed by atoms with Crippen molar-refractivity contribution in [2.75, 3.05) is 13.2 Å². The second kappa shape index (κ2) is 6.64. The van der Waals surface area contributed by atoms with Crippen molar-refractivity contribution in [1.82, 2.24) is 0 Å². The lowest BCUT2D eigenvalue weighted by atomic mass is 10.1. The van der Waals surface area contributed by atoms with Gasteiger partial charge in [-0.1, -0.05) is 23.7 Å². The van der Waals surface area contributed by atoms with Gasteiger partial charge in [-0.25, -0.2) is 0 Å². The van der Waals surface area contributed by atoms with Crippen molar-refractivity contribution >= 4 is 23.4 Å². The largest absolute Gasteiger partial charge is 0.394 e. The summed E-state index contributed by atoms with van der Waals surface area (Å²) in [5, 5.41) is 10.3. The lowest BCUT2D eigenvalue weighted by molar-refractivity contribution is -0.0142. The third-order valence-electron chi connectivity index (χ3n) is 2.93. The van der Waals surface area contributed by atoms with Gasteiger partial charge in [0.15, 0.2) is 0 Å². The first-order valence-electron chi connectivity index (χ1n) is 5.86. The SMILES string of the molecule is OC[C@H]1CC[C@H](SCc2ccc(Cl)cc2)CO1. The lowest BCUT2D eigenvalue weighted by Gasteiger charge is -2.27. The van der Waals surface area contributed by atoms with Crippen LogP contribution in [0.3, 0.4) is 0 Å². The van der Waals surface area contributed by atoms with Crippen LogP contribution in [-0.2, 0) is 10.5 Å². The van der Waals surface area contributed by atoms with Crippen LogP contribution in [0.15, 0.2) is 24.3 Å². The molecule has 94 valence electrons. The van der Waals surface area contributed by atoms with Gasteiger partial charge in [-0.2, -0.15) is 11.8 Å². The average Bonchev–Trinajstić information content (AvgIpc) is 2.39. The molecule has 2 atom stereocenters. The third-order valence-corrected chi connectivity index (χ3v) is 4.53. The third kappa shape index (κ3) is 4.18. The minimum Gasteiger partial charge on any atom is -0.394 e. The van der Waals surface area contributed by atoms with Gasteiger partial charge >= 0.3 is 0 Å². The summed E-state index contributed by atoms with van der Waals surface area (Å²) >= 11 is 7.76. The Labute approximate surface area is 111 Å². The number of aliphatic hydroxyl groups is 1. The fourth-order valence-corrected chi connectivity index (χ4v) is 3.08. The molecular weight excluding hydrogens is 256 g/mol. The Kier molecular flexibility index (Phi) is 5.16. The highest BCUT2D eigenvalue weighted by molar-refractivity contribution is 7.99. The minimum atomic E-state index is 0.0578. The van der Waals surface area contributed by atoms with Crippen molar-refractivity contribution < 1.29 is 9.84 Å². The van der Waals surface area contributed by atoms with E-state index < -0.39 is 0 Å². The van der Waals surface area contributed by atoms with Crippen molar-refractivity contribution in [2.45, 2.75) is 29.9 Å². The first-order chi connectivity index (χ1) is 8.28. The first kappa shape index (κ1) is 13.2. The number of thioether (sulfide) groups is 1. The Bertz CT molecular complexity index is 334. The zero-order valence-corrected chi connectivity index (χ0v) is 11.2. The normalized spacial score (nSPS) is 24.8. The van der Waals surface area contributed by atoms with Gasteiger partial charge in [-0.05, 0) is 30.5 Å². The molecule has 0 unspecified atom stereocenters. The molecule has 0 saturated carbocycles. The van der Waals surface area contributed by atoms with Crippen LogP contribution in [0.25, 0.3) is 0 Å². The molecule has 0 amide bonds. The fourth-order valence-electron chi connectivity index (χ4n) is 1.85. The summed E-state index contributed by atoms with van der Waals surface area (Å²) < 4.78 is 5.56. The molecule has 1 aliphatic rings. The topological polar surface area (TPSA) is 29.5 Å². The van der Waals surface area contributed by atoms with Gasteiger partial charge in [0.1, 0.15) is 0 Å². The molecule has 1 saturated heterocycles. The number of halogens is 1. The van der Waals surface area contributed by atoms with Crippen molar-refractivity contribution in [1.29, 1.82) is 0 Å². The summed E-state index contributed by atoms with van der Waals surface area (Å²) in [6.07, 6.45) is 2.15. The van der Waals surface area contributed by atoms with E-state index in [0.717, 1.165) is 30.2 Å². The van der Waals surface area contributed by atoms with Gasteiger partial charge in [-0.3, -0.25) is 0 Å². The molecule has 1 aromatic carbocycles. The van der Waals surface area contributed by atoms with E-state index in [1.165, 1.54) is 5.56 Å². The molecule has 2 rings (SSSR count). The van der Waals surface area contributed by atoms with Gasteiger partial charge in [0.05, 0.1) is 19.3 Å². The van der Waals surface area contributed by atoms with Crippen molar-refractivity contribution in [3.63, 3.8) is 0 Å². The second-order valence-electron chi connectivity index (χ2n) is 4.27. The van der Waals surface area contributed by atoms with Crippen LogP contribution in [0, 0.1) is 0 Å². The molecule has 0 bridgehead atoms. The molecule has 1 fully saturated rings. The molecule has 17 heavy (non-hydrogen) atoms. The van der Waals surface area contributed by atoms with Crippen LogP contribution in [0.1, 0.15) is 18.4 Å². The molecule has 4 heteroatoms. The van der Waals surface area contributed by atoms with Crippen LogP contribution >= 0.6 is 23.4 Å². The summed E-state index contributed by atoms with van der Waals surface area (Å²) in [5.41, 5.74) is 1.30. The van der Waals surface area contributed by atoms with Crippen LogP contribution < -0.4 is 0 Å². The maximum Gasteiger partial charge on any atom is 0.0806 e. The predicted molar refractivity (Wildman–Crippen MR) is 72.6 cm³/mol. The van der Waals surface area contributed by atoms with E-state index in [2.05, 4.69) is 12.1 Å². The maximum absolute atomic E-state index is 8.97. The van der Waals surface area contributed by atoms with Gasteiger partial charge in [0.2, 0.25) is 0 Å². The Morgan fingerprint density at radius 2 is 2.06 bits per heavy atom. The first-order valence-corrected chi connectivity index (χ1v) is 7.29. The molecule has 0 spiro atoms. The quantitative estimate of drug-likeness (QED) is 0.913. The molecule has 1 aliphatic heterocycles. The highest BCUT2D eigenvalue weighted by Crippen LogP contribution is 2.27. The Morgan fingerprint density at radius 1 is 1.29 bits per heavy atom. The number of benzene rings is 1. The Hall–Kier alpha value is -0.220. The molecule has 0 aromatic heterocycles. The second-order valence-corrected chi connectivity index (χ2v) is 6.00. The summed E-state index contributed by atoms with van der Waals surface area (Å²) in [4.78, 5) is 0.